The van der Waals surface area contributed by atoms with E-state index in [1.165, 1.54) is 6.20 Å². The number of aryl methyl sites for hydroxylation is 1. The highest BCUT2D eigenvalue weighted by Crippen LogP contribution is 2.22. The van der Waals surface area contributed by atoms with Crippen molar-refractivity contribution < 1.29 is 13.9 Å². The molecular weight excluding hydrogens is 411 g/mol. The van der Waals surface area contributed by atoms with Gasteiger partial charge in [0, 0.05) is 23.2 Å². The maximum atomic E-state index is 13.7. The van der Waals surface area contributed by atoms with Gasteiger partial charge in [-0.2, -0.15) is 9.78 Å². The van der Waals surface area contributed by atoms with Gasteiger partial charge in [-0.25, -0.2) is 8.78 Å². The highest BCUT2D eigenvalue weighted by molar-refractivity contribution is 6.33. The van der Waals surface area contributed by atoms with Crippen molar-refractivity contribution in [2.24, 2.45) is 0 Å². The average molecular weight is 426 g/mol. The molecule has 0 saturated heterocycles. The summed E-state index contributed by atoms with van der Waals surface area (Å²) in [5.41, 5.74) is 0.796. The molecular formula is C19H15Cl2F2N3O2. The van der Waals surface area contributed by atoms with Crippen LogP contribution in [-0.4, -0.2) is 21.4 Å². The summed E-state index contributed by atoms with van der Waals surface area (Å²) >= 11 is 12.2. The van der Waals surface area contributed by atoms with Gasteiger partial charge >= 0.3 is 0 Å². The molecule has 0 aliphatic rings. The second-order valence-electron chi connectivity index (χ2n) is 6.09. The number of anilines is 1. The van der Waals surface area contributed by atoms with Gasteiger partial charge in [-0.3, -0.25) is 4.79 Å². The third-order valence-corrected chi connectivity index (χ3v) is 4.90. The van der Waals surface area contributed by atoms with Crippen molar-refractivity contribution in [3.63, 3.8) is 0 Å². The Hall–Kier alpha value is -2.48. The van der Waals surface area contributed by atoms with Gasteiger partial charge in [-0.15, -0.1) is 0 Å². The Morgan fingerprint density at radius 2 is 1.96 bits per heavy atom. The van der Waals surface area contributed by atoms with Crippen LogP contribution in [0.15, 0.2) is 47.4 Å². The standard InChI is InChI=1S/C19H15Cl2F2N3O2/c1-10-2-4-12(7-14(10)20)26-19(28)18(21)16(8-25-26)24-9-17(27)13-5-3-11(22)6-15(13)23/h2-8,17,24,27H,9H2,1H3. The number of aromatic nitrogens is 2. The molecule has 0 spiro atoms. The summed E-state index contributed by atoms with van der Waals surface area (Å²) in [6.07, 6.45) is 0.0283. The van der Waals surface area contributed by atoms with Crippen molar-refractivity contribution >= 4 is 28.9 Å². The summed E-state index contributed by atoms with van der Waals surface area (Å²) in [6.45, 7) is 1.67. The first-order valence-electron chi connectivity index (χ1n) is 8.19. The number of aliphatic hydroxyl groups excluding tert-OH is 1. The Labute approximate surface area is 169 Å². The minimum Gasteiger partial charge on any atom is -0.386 e. The largest absolute Gasteiger partial charge is 0.386 e. The lowest BCUT2D eigenvalue weighted by Gasteiger charge is -2.15. The molecule has 2 N–H and O–H groups in total. The molecule has 3 aromatic rings. The van der Waals surface area contributed by atoms with Crippen LogP contribution in [-0.2, 0) is 0 Å². The van der Waals surface area contributed by atoms with E-state index < -0.39 is 23.3 Å². The van der Waals surface area contributed by atoms with E-state index in [-0.39, 0.29) is 22.8 Å². The molecule has 1 aromatic heterocycles. The van der Waals surface area contributed by atoms with Gasteiger partial charge < -0.3 is 10.4 Å². The molecule has 0 saturated carbocycles. The Morgan fingerprint density at radius 1 is 1.21 bits per heavy atom. The van der Waals surface area contributed by atoms with Gasteiger partial charge in [0.1, 0.15) is 16.7 Å². The Balaban J connectivity index is 1.81. The first kappa shape index (κ1) is 20.3. The number of hydrogen-bond donors (Lipinski definition) is 2. The van der Waals surface area contributed by atoms with Gasteiger partial charge in [0.2, 0.25) is 0 Å². The van der Waals surface area contributed by atoms with E-state index in [4.69, 9.17) is 23.2 Å². The quantitative estimate of drug-likeness (QED) is 0.640. The van der Waals surface area contributed by atoms with Crippen LogP contribution in [0.25, 0.3) is 5.69 Å². The SMILES string of the molecule is Cc1ccc(-n2ncc(NCC(O)c3ccc(F)cc3F)c(Cl)c2=O)cc1Cl. The fraction of sp³-hybridized carbons (Fsp3) is 0.158. The minimum absolute atomic E-state index is 0.0828. The lowest BCUT2D eigenvalue weighted by molar-refractivity contribution is 0.186. The molecule has 0 radical (unpaired) electrons. The number of nitrogens with one attached hydrogen (secondary N) is 1. The fourth-order valence-corrected chi connectivity index (χ4v) is 2.91. The van der Waals surface area contributed by atoms with Crippen LogP contribution in [0.1, 0.15) is 17.2 Å². The second-order valence-corrected chi connectivity index (χ2v) is 6.87. The van der Waals surface area contributed by atoms with E-state index in [1.807, 2.05) is 6.92 Å². The lowest BCUT2D eigenvalue weighted by Crippen LogP contribution is -2.23. The normalized spacial score (nSPS) is 12.1. The lowest BCUT2D eigenvalue weighted by atomic mass is 10.1. The van der Waals surface area contributed by atoms with Gasteiger partial charge in [-0.05, 0) is 30.7 Å². The Bertz CT molecular complexity index is 1090. The minimum atomic E-state index is -1.28. The molecule has 5 nitrogen and oxygen atoms in total. The molecule has 9 heteroatoms. The molecule has 0 fully saturated rings. The van der Waals surface area contributed by atoms with Crippen molar-refractivity contribution in [2.75, 3.05) is 11.9 Å². The van der Waals surface area contributed by atoms with Crippen molar-refractivity contribution in [3.8, 4) is 5.69 Å². The van der Waals surface area contributed by atoms with Gasteiger partial charge in [0.25, 0.3) is 5.56 Å². The number of benzene rings is 2. The van der Waals surface area contributed by atoms with Crippen LogP contribution in [0.5, 0.6) is 0 Å². The molecule has 28 heavy (non-hydrogen) atoms. The zero-order valence-corrected chi connectivity index (χ0v) is 16.1. The van der Waals surface area contributed by atoms with Crippen molar-refractivity contribution in [1.29, 1.82) is 0 Å². The number of rotatable bonds is 5. The van der Waals surface area contributed by atoms with Crippen LogP contribution in [0, 0.1) is 18.6 Å². The summed E-state index contributed by atoms with van der Waals surface area (Å²) in [7, 11) is 0. The Morgan fingerprint density at radius 3 is 2.64 bits per heavy atom. The zero-order valence-electron chi connectivity index (χ0n) is 14.6. The topological polar surface area (TPSA) is 67.2 Å². The number of halogens is 4. The summed E-state index contributed by atoms with van der Waals surface area (Å²) in [5, 5.41) is 17.2. The monoisotopic (exact) mass is 425 g/mol. The third kappa shape index (κ3) is 4.16. The third-order valence-electron chi connectivity index (χ3n) is 4.13. The van der Waals surface area contributed by atoms with Crippen LogP contribution in [0.4, 0.5) is 14.5 Å². The molecule has 0 bridgehead atoms. The smallest absolute Gasteiger partial charge is 0.292 e. The van der Waals surface area contributed by atoms with Gasteiger partial charge in [-0.1, -0.05) is 35.3 Å². The van der Waals surface area contributed by atoms with E-state index in [0.717, 1.165) is 22.4 Å². The summed E-state index contributed by atoms with van der Waals surface area (Å²) in [6, 6.07) is 7.90. The molecule has 1 atom stereocenters. The molecule has 2 aromatic carbocycles. The van der Waals surface area contributed by atoms with Crippen LogP contribution in [0.2, 0.25) is 10.0 Å². The highest BCUT2D eigenvalue weighted by atomic mass is 35.5. The summed E-state index contributed by atoms with van der Waals surface area (Å²) < 4.78 is 27.8. The van der Waals surface area contributed by atoms with Crippen LogP contribution in [0.3, 0.4) is 0 Å². The fourth-order valence-electron chi connectivity index (χ4n) is 2.54. The van der Waals surface area contributed by atoms with Crippen LogP contribution < -0.4 is 10.9 Å². The van der Waals surface area contributed by atoms with Crippen molar-refractivity contribution in [3.05, 3.63) is 85.8 Å². The van der Waals surface area contributed by atoms with E-state index >= 15 is 0 Å². The predicted octanol–water partition coefficient (Wildman–Crippen LogP) is 4.27. The molecule has 0 amide bonds. The van der Waals surface area contributed by atoms with E-state index in [1.54, 1.807) is 18.2 Å². The zero-order chi connectivity index (χ0) is 20.4. The molecule has 0 aliphatic carbocycles. The van der Waals surface area contributed by atoms with Crippen molar-refractivity contribution in [2.45, 2.75) is 13.0 Å². The number of nitrogens with zero attached hydrogens (tertiary/aromatic N) is 2. The van der Waals surface area contributed by atoms with Gasteiger partial charge in [0.05, 0.1) is 23.7 Å². The van der Waals surface area contributed by atoms with E-state index in [9.17, 15) is 18.7 Å². The number of hydrogen-bond acceptors (Lipinski definition) is 4. The first-order chi connectivity index (χ1) is 13.3. The average Bonchev–Trinajstić information content (AvgIpc) is 2.65. The van der Waals surface area contributed by atoms with E-state index in [0.29, 0.717) is 16.8 Å². The molecule has 1 unspecified atom stereocenters. The van der Waals surface area contributed by atoms with Gasteiger partial charge in [0.15, 0.2) is 0 Å². The molecule has 3 rings (SSSR count). The molecule has 1 heterocycles. The maximum Gasteiger partial charge on any atom is 0.292 e. The van der Waals surface area contributed by atoms with E-state index in [2.05, 4.69) is 10.4 Å². The number of aliphatic hydroxyl groups is 1. The maximum absolute atomic E-state index is 13.7. The predicted molar refractivity (Wildman–Crippen MR) is 104 cm³/mol. The Kier molecular flexibility index (Phi) is 5.98. The highest BCUT2D eigenvalue weighted by Gasteiger charge is 2.16. The second kappa shape index (κ2) is 8.26. The molecule has 146 valence electrons. The molecule has 0 aliphatic heterocycles. The van der Waals surface area contributed by atoms with Crippen molar-refractivity contribution in [1.82, 2.24) is 9.78 Å². The summed E-state index contributed by atoms with van der Waals surface area (Å²) in [5.74, 6) is -1.61. The first-order valence-corrected chi connectivity index (χ1v) is 8.94. The van der Waals surface area contributed by atoms with Crippen LogP contribution >= 0.6 is 23.2 Å². The summed E-state index contributed by atoms with van der Waals surface area (Å²) in [4.78, 5) is 12.5.